The maximum Gasteiger partial charge on any atom is 0.336 e. The standard InChI is InChI=1S/C16H15F2NO2/c1-16(15(20)21-2,19-12-6-4-3-5-7-12)13-10-11(17)8-9-14(13)18/h3-10,19H,1-2H3. The first-order chi connectivity index (χ1) is 9.97. The van der Waals surface area contributed by atoms with Gasteiger partial charge in [0.2, 0.25) is 0 Å². The second-order valence-electron chi connectivity index (χ2n) is 4.73. The van der Waals surface area contributed by atoms with Gasteiger partial charge in [0.1, 0.15) is 11.6 Å². The van der Waals surface area contributed by atoms with Crippen LogP contribution in [0.4, 0.5) is 14.5 Å². The minimum atomic E-state index is -1.54. The Bertz CT molecular complexity index is 646. The third-order valence-corrected chi connectivity index (χ3v) is 3.23. The molecule has 2 aromatic rings. The first-order valence-corrected chi connectivity index (χ1v) is 6.34. The number of carbonyl (C=O) groups is 1. The summed E-state index contributed by atoms with van der Waals surface area (Å²) in [5.74, 6) is -2.03. The highest BCUT2D eigenvalue weighted by Crippen LogP contribution is 2.30. The first kappa shape index (κ1) is 15.0. The van der Waals surface area contributed by atoms with Crippen molar-refractivity contribution in [3.05, 3.63) is 65.7 Å². The molecule has 110 valence electrons. The molecule has 0 aliphatic carbocycles. The SMILES string of the molecule is COC(=O)C(C)(Nc1ccccc1)c1cc(F)ccc1F. The lowest BCUT2D eigenvalue weighted by Crippen LogP contribution is -2.42. The Balaban J connectivity index is 2.51. The van der Waals surface area contributed by atoms with Gasteiger partial charge >= 0.3 is 5.97 Å². The van der Waals surface area contributed by atoms with Crippen molar-refractivity contribution in [3.63, 3.8) is 0 Å². The molecule has 0 aromatic heterocycles. The van der Waals surface area contributed by atoms with Gasteiger partial charge in [0.25, 0.3) is 0 Å². The van der Waals surface area contributed by atoms with E-state index in [1.165, 1.54) is 14.0 Å². The number of hydrogen-bond acceptors (Lipinski definition) is 3. The van der Waals surface area contributed by atoms with Crippen molar-refractivity contribution in [2.45, 2.75) is 12.5 Å². The van der Waals surface area contributed by atoms with Crippen LogP contribution in [0, 0.1) is 11.6 Å². The molecular weight excluding hydrogens is 276 g/mol. The Morgan fingerprint density at radius 1 is 1.14 bits per heavy atom. The minimum Gasteiger partial charge on any atom is -0.467 e. The number of carbonyl (C=O) groups excluding carboxylic acids is 1. The van der Waals surface area contributed by atoms with E-state index in [1.807, 2.05) is 6.07 Å². The van der Waals surface area contributed by atoms with Crippen molar-refractivity contribution in [2.75, 3.05) is 12.4 Å². The molecule has 0 aliphatic rings. The summed E-state index contributed by atoms with van der Waals surface area (Å²) < 4.78 is 32.2. The zero-order valence-electron chi connectivity index (χ0n) is 11.7. The Labute approximate surface area is 121 Å². The highest BCUT2D eigenvalue weighted by Gasteiger charge is 2.39. The van der Waals surface area contributed by atoms with Crippen LogP contribution >= 0.6 is 0 Å². The van der Waals surface area contributed by atoms with Crippen LogP contribution < -0.4 is 5.32 Å². The molecule has 0 fully saturated rings. The van der Waals surface area contributed by atoms with Gasteiger partial charge in [-0.3, -0.25) is 0 Å². The van der Waals surface area contributed by atoms with Crippen molar-refractivity contribution >= 4 is 11.7 Å². The summed E-state index contributed by atoms with van der Waals surface area (Å²) in [6, 6.07) is 11.8. The Kier molecular flexibility index (Phi) is 4.21. The van der Waals surface area contributed by atoms with Crippen molar-refractivity contribution in [1.82, 2.24) is 0 Å². The van der Waals surface area contributed by atoms with Crippen LogP contribution in [0.25, 0.3) is 0 Å². The number of esters is 1. The van der Waals surface area contributed by atoms with Gasteiger partial charge in [-0.1, -0.05) is 18.2 Å². The van der Waals surface area contributed by atoms with E-state index in [0.29, 0.717) is 5.69 Å². The summed E-state index contributed by atoms with van der Waals surface area (Å²) in [4.78, 5) is 12.1. The number of hydrogen-bond donors (Lipinski definition) is 1. The lowest BCUT2D eigenvalue weighted by Gasteiger charge is -2.29. The Morgan fingerprint density at radius 2 is 1.81 bits per heavy atom. The molecule has 0 amide bonds. The minimum absolute atomic E-state index is 0.113. The van der Waals surface area contributed by atoms with Gasteiger partial charge in [-0.2, -0.15) is 0 Å². The van der Waals surface area contributed by atoms with E-state index in [9.17, 15) is 13.6 Å². The van der Waals surface area contributed by atoms with Crippen molar-refractivity contribution in [2.24, 2.45) is 0 Å². The summed E-state index contributed by atoms with van der Waals surface area (Å²) in [5.41, 5.74) is -1.06. The van der Waals surface area contributed by atoms with Gasteiger partial charge < -0.3 is 10.1 Å². The van der Waals surface area contributed by atoms with Gasteiger partial charge in [-0.05, 0) is 37.3 Å². The number of halogens is 2. The van der Waals surface area contributed by atoms with Crippen LogP contribution in [0.5, 0.6) is 0 Å². The Morgan fingerprint density at radius 3 is 2.43 bits per heavy atom. The highest BCUT2D eigenvalue weighted by molar-refractivity contribution is 5.85. The predicted octanol–water partition coefficient (Wildman–Crippen LogP) is 3.47. The van der Waals surface area contributed by atoms with E-state index in [4.69, 9.17) is 4.74 Å². The Hall–Kier alpha value is -2.43. The van der Waals surface area contributed by atoms with Crippen LogP contribution in [0.3, 0.4) is 0 Å². The molecule has 3 nitrogen and oxygen atoms in total. The number of nitrogens with one attached hydrogen (secondary N) is 1. The number of rotatable bonds is 4. The molecule has 2 aromatic carbocycles. The number of methoxy groups -OCH3 is 1. The molecule has 0 heterocycles. The summed E-state index contributed by atoms with van der Waals surface area (Å²) in [7, 11) is 1.20. The second kappa shape index (κ2) is 5.91. The smallest absolute Gasteiger partial charge is 0.336 e. The molecule has 5 heteroatoms. The average Bonchev–Trinajstić information content (AvgIpc) is 2.49. The molecule has 2 rings (SSSR count). The molecule has 0 saturated heterocycles. The lowest BCUT2D eigenvalue weighted by atomic mass is 9.91. The van der Waals surface area contributed by atoms with Crippen molar-refractivity contribution in [3.8, 4) is 0 Å². The van der Waals surface area contributed by atoms with Crippen molar-refractivity contribution < 1.29 is 18.3 Å². The fourth-order valence-electron chi connectivity index (χ4n) is 2.12. The maximum absolute atomic E-state index is 14.0. The summed E-state index contributed by atoms with van der Waals surface area (Å²) in [6.45, 7) is 1.45. The van der Waals surface area contributed by atoms with E-state index < -0.39 is 23.1 Å². The number of ether oxygens (including phenoxy) is 1. The molecule has 1 N–H and O–H groups in total. The second-order valence-corrected chi connectivity index (χ2v) is 4.73. The molecular formula is C16H15F2NO2. The van der Waals surface area contributed by atoms with Gasteiger partial charge in [0.15, 0.2) is 5.54 Å². The van der Waals surface area contributed by atoms with Gasteiger partial charge in [0, 0.05) is 11.3 Å². The van der Waals surface area contributed by atoms with Gasteiger partial charge in [-0.25, -0.2) is 13.6 Å². The van der Waals surface area contributed by atoms with E-state index in [-0.39, 0.29) is 5.56 Å². The molecule has 1 atom stereocenters. The van der Waals surface area contributed by atoms with E-state index >= 15 is 0 Å². The molecule has 0 radical (unpaired) electrons. The fourth-order valence-corrected chi connectivity index (χ4v) is 2.12. The van der Waals surface area contributed by atoms with Crippen LogP contribution in [-0.2, 0) is 15.1 Å². The molecule has 0 aliphatic heterocycles. The van der Waals surface area contributed by atoms with Gasteiger partial charge in [0.05, 0.1) is 7.11 Å². The zero-order chi connectivity index (χ0) is 15.5. The number of benzene rings is 2. The van der Waals surface area contributed by atoms with Crippen LogP contribution in [-0.4, -0.2) is 13.1 Å². The lowest BCUT2D eigenvalue weighted by molar-refractivity contribution is -0.145. The van der Waals surface area contributed by atoms with Crippen LogP contribution in [0.15, 0.2) is 48.5 Å². The monoisotopic (exact) mass is 291 g/mol. The summed E-state index contributed by atoms with van der Waals surface area (Å²) in [5, 5.41) is 2.91. The fraction of sp³-hybridized carbons (Fsp3) is 0.188. The maximum atomic E-state index is 14.0. The number of para-hydroxylation sites is 1. The topological polar surface area (TPSA) is 38.3 Å². The van der Waals surface area contributed by atoms with Crippen LogP contribution in [0.1, 0.15) is 12.5 Å². The van der Waals surface area contributed by atoms with Crippen molar-refractivity contribution in [1.29, 1.82) is 0 Å². The normalized spacial score (nSPS) is 13.3. The molecule has 0 bridgehead atoms. The van der Waals surface area contributed by atoms with Gasteiger partial charge in [-0.15, -0.1) is 0 Å². The molecule has 0 spiro atoms. The zero-order valence-corrected chi connectivity index (χ0v) is 11.7. The molecule has 1 unspecified atom stereocenters. The van der Waals surface area contributed by atoms with E-state index in [2.05, 4.69) is 5.32 Å². The quantitative estimate of drug-likeness (QED) is 0.877. The third-order valence-electron chi connectivity index (χ3n) is 3.23. The molecule has 21 heavy (non-hydrogen) atoms. The average molecular weight is 291 g/mol. The van der Waals surface area contributed by atoms with E-state index in [1.54, 1.807) is 24.3 Å². The summed E-state index contributed by atoms with van der Waals surface area (Å²) in [6.07, 6.45) is 0. The largest absolute Gasteiger partial charge is 0.467 e. The third kappa shape index (κ3) is 3.02. The molecule has 0 saturated carbocycles. The summed E-state index contributed by atoms with van der Waals surface area (Å²) >= 11 is 0. The number of anilines is 1. The van der Waals surface area contributed by atoms with E-state index in [0.717, 1.165) is 18.2 Å². The first-order valence-electron chi connectivity index (χ1n) is 6.34. The predicted molar refractivity (Wildman–Crippen MR) is 75.8 cm³/mol. The highest BCUT2D eigenvalue weighted by atomic mass is 19.1. The van der Waals surface area contributed by atoms with Crippen LogP contribution in [0.2, 0.25) is 0 Å².